The highest BCUT2D eigenvalue weighted by Gasteiger charge is 2.07. The third kappa shape index (κ3) is 6.59. The Hall–Kier alpha value is 0.200. The molecule has 0 aliphatic heterocycles. The second-order valence-corrected chi connectivity index (χ2v) is 3.55. The highest BCUT2D eigenvalue weighted by Crippen LogP contribution is 2.08. The van der Waals surface area contributed by atoms with Crippen molar-refractivity contribution >= 4 is 28.6 Å². The van der Waals surface area contributed by atoms with Gasteiger partial charge in [-0.15, -0.1) is 0 Å². The molecule has 2 nitrogen and oxygen atoms in total. The fourth-order valence-corrected chi connectivity index (χ4v) is 1.33. The molecule has 0 saturated carbocycles. The Morgan fingerprint density at radius 2 is 2.27 bits per heavy atom. The summed E-state index contributed by atoms with van der Waals surface area (Å²) in [7, 11) is 0. The van der Waals surface area contributed by atoms with Gasteiger partial charge in [-0.25, -0.2) is 0 Å². The summed E-state index contributed by atoms with van der Waals surface area (Å²) in [6.45, 7) is 3.51. The van der Waals surface area contributed by atoms with Gasteiger partial charge in [0.1, 0.15) is 6.10 Å². The molecule has 0 amide bonds. The van der Waals surface area contributed by atoms with Crippen LogP contribution in [-0.4, -0.2) is 16.5 Å². The lowest BCUT2D eigenvalue weighted by atomic mass is 10.2. The molecule has 11 heavy (non-hydrogen) atoms. The van der Waals surface area contributed by atoms with Crippen molar-refractivity contribution in [3.05, 3.63) is 0 Å². The molecule has 0 aromatic carbocycles. The minimum absolute atomic E-state index is 0.141. The van der Waals surface area contributed by atoms with Gasteiger partial charge in [-0.3, -0.25) is 4.79 Å². The van der Waals surface area contributed by atoms with Crippen molar-refractivity contribution in [2.24, 2.45) is 0 Å². The number of rotatable bonds is 5. The number of carbonyl (C=O) groups is 1. The Balaban J connectivity index is 3.49. The van der Waals surface area contributed by atoms with Gasteiger partial charge in [-0.1, -0.05) is 29.5 Å². The highest BCUT2D eigenvalue weighted by atomic mass is 127. The molecule has 1 atom stereocenters. The van der Waals surface area contributed by atoms with Crippen LogP contribution in [-0.2, 0) is 9.53 Å². The molecule has 0 N–H and O–H groups in total. The van der Waals surface area contributed by atoms with Crippen LogP contribution in [0.3, 0.4) is 0 Å². The van der Waals surface area contributed by atoms with Crippen LogP contribution in [0.4, 0.5) is 0 Å². The van der Waals surface area contributed by atoms with Crippen LogP contribution < -0.4 is 0 Å². The summed E-state index contributed by atoms with van der Waals surface area (Å²) < 4.78 is 6.19. The maximum absolute atomic E-state index is 10.6. The third-order valence-corrected chi connectivity index (χ3v) is 2.21. The van der Waals surface area contributed by atoms with E-state index in [9.17, 15) is 4.79 Å². The fourth-order valence-electron chi connectivity index (χ4n) is 0.886. The highest BCUT2D eigenvalue weighted by molar-refractivity contribution is 14.1. The molecule has 0 aromatic heterocycles. The Labute approximate surface area is 81.8 Å². The molecule has 0 fully saturated rings. The molecule has 0 rings (SSSR count). The molecule has 66 valence electrons. The van der Waals surface area contributed by atoms with Gasteiger partial charge < -0.3 is 4.74 Å². The molecular formula is C8H15IO2. The SMILES string of the molecule is CC[C@H](CCCI)OC(C)=O. The summed E-state index contributed by atoms with van der Waals surface area (Å²) in [5, 5.41) is 0. The molecule has 0 aliphatic rings. The van der Waals surface area contributed by atoms with Gasteiger partial charge >= 0.3 is 5.97 Å². The van der Waals surface area contributed by atoms with Gasteiger partial charge in [0, 0.05) is 6.92 Å². The maximum atomic E-state index is 10.6. The second kappa shape index (κ2) is 6.88. The molecule has 0 bridgehead atoms. The van der Waals surface area contributed by atoms with Crippen molar-refractivity contribution in [3.8, 4) is 0 Å². The van der Waals surface area contributed by atoms with E-state index in [1.54, 1.807) is 0 Å². The molecule has 3 heteroatoms. The van der Waals surface area contributed by atoms with E-state index < -0.39 is 0 Å². The van der Waals surface area contributed by atoms with Crippen molar-refractivity contribution in [1.82, 2.24) is 0 Å². The topological polar surface area (TPSA) is 26.3 Å². The number of ether oxygens (including phenoxy) is 1. The summed E-state index contributed by atoms with van der Waals surface area (Å²) in [5.41, 5.74) is 0. The first-order valence-corrected chi connectivity index (χ1v) is 5.46. The molecule has 0 unspecified atom stereocenters. The minimum atomic E-state index is -0.162. The maximum Gasteiger partial charge on any atom is 0.302 e. The predicted octanol–water partition coefficient (Wildman–Crippen LogP) is 2.54. The zero-order chi connectivity index (χ0) is 8.69. The largest absolute Gasteiger partial charge is 0.463 e. The first kappa shape index (κ1) is 11.2. The molecule has 0 heterocycles. The first-order valence-electron chi connectivity index (χ1n) is 3.93. The number of halogens is 1. The van der Waals surface area contributed by atoms with E-state index in [-0.39, 0.29) is 12.1 Å². The number of hydrogen-bond donors (Lipinski definition) is 0. The number of esters is 1. The van der Waals surface area contributed by atoms with Crippen molar-refractivity contribution in [3.63, 3.8) is 0 Å². The summed E-state index contributed by atoms with van der Waals surface area (Å²) >= 11 is 2.33. The molecule has 0 spiro atoms. The minimum Gasteiger partial charge on any atom is -0.463 e. The smallest absolute Gasteiger partial charge is 0.302 e. The van der Waals surface area contributed by atoms with Crippen molar-refractivity contribution < 1.29 is 9.53 Å². The van der Waals surface area contributed by atoms with Crippen molar-refractivity contribution in [2.75, 3.05) is 4.43 Å². The molecule has 0 aromatic rings. The standard InChI is InChI=1S/C8H15IO2/c1-3-8(5-4-6-9)11-7(2)10/h8H,3-6H2,1-2H3/t8-/m1/s1. The Bertz CT molecular complexity index is 115. The molecule has 0 aliphatic carbocycles. The monoisotopic (exact) mass is 270 g/mol. The van der Waals surface area contributed by atoms with Gasteiger partial charge in [0.2, 0.25) is 0 Å². The van der Waals surface area contributed by atoms with Crippen LogP contribution in [0.15, 0.2) is 0 Å². The van der Waals surface area contributed by atoms with Crippen molar-refractivity contribution in [2.45, 2.75) is 39.2 Å². The van der Waals surface area contributed by atoms with Crippen LogP contribution in [0.1, 0.15) is 33.1 Å². The van der Waals surface area contributed by atoms with Crippen LogP contribution in [0.5, 0.6) is 0 Å². The molecule has 0 saturated heterocycles. The summed E-state index contributed by atoms with van der Waals surface area (Å²) in [6.07, 6.45) is 3.20. The van der Waals surface area contributed by atoms with E-state index in [2.05, 4.69) is 22.6 Å². The zero-order valence-electron chi connectivity index (χ0n) is 7.10. The summed E-state index contributed by atoms with van der Waals surface area (Å²) in [5.74, 6) is -0.162. The van der Waals surface area contributed by atoms with Crippen LogP contribution in [0.2, 0.25) is 0 Å². The average molecular weight is 270 g/mol. The lowest BCUT2D eigenvalue weighted by Crippen LogP contribution is -2.15. The van der Waals surface area contributed by atoms with Gasteiger partial charge in [0.15, 0.2) is 0 Å². The Morgan fingerprint density at radius 3 is 2.64 bits per heavy atom. The lowest BCUT2D eigenvalue weighted by molar-refractivity contribution is -0.146. The lowest BCUT2D eigenvalue weighted by Gasteiger charge is -2.13. The van der Waals surface area contributed by atoms with Gasteiger partial charge in [0.25, 0.3) is 0 Å². The van der Waals surface area contributed by atoms with Crippen molar-refractivity contribution in [1.29, 1.82) is 0 Å². The van der Waals surface area contributed by atoms with Gasteiger partial charge in [0.05, 0.1) is 0 Å². The fraction of sp³-hybridized carbons (Fsp3) is 0.875. The van der Waals surface area contributed by atoms with Crippen LogP contribution in [0, 0.1) is 0 Å². The quantitative estimate of drug-likeness (QED) is 0.436. The second-order valence-electron chi connectivity index (χ2n) is 2.47. The third-order valence-electron chi connectivity index (χ3n) is 1.45. The average Bonchev–Trinajstić information content (AvgIpc) is 1.97. The van der Waals surface area contributed by atoms with Crippen LogP contribution >= 0.6 is 22.6 Å². The van der Waals surface area contributed by atoms with E-state index >= 15 is 0 Å². The van der Waals surface area contributed by atoms with E-state index in [0.717, 1.165) is 23.7 Å². The van der Waals surface area contributed by atoms with Gasteiger partial charge in [-0.2, -0.15) is 0 Å². The van der Waals surface area contributed by atoms with E-state index in [1.165, 1.54) is 6.92 Å². The summed E-state index contributed by atoms with van der Waals surface area (Å²) in [4.78, 5) is 10.6. The summed E-state index contributed by atoms with van der Waals surface area (Å²) in [6, 6.07) is 0. The molecular weight excluding hydrogens is 255 g/mol. The Morgan fingerprint density at radius 1 is 1.64 bits per heavy atom. The van der Waals surface area contributed by atoms with Crippen LogP contribution in [0.25, 0.3) is 0 Å². The van der Waals surface area contributed by atoms with E-state index in [1.807, 2.05) is 6.92 Å². The first-order chi connectivity index (χ1) is 5.20. The van der Waals surface area contributed by atoms with Gasteiger partial charge in [-0.05, 0) is 23.7 Å². The predicted molar refractivity (Wildman–Crippen MR) is 54.0 cm³/mol. The van der Waals surface area contributed by atoms with E-state index in [0.29, 0.717) is 0 Å². The Kier molecular flexibility index (Phi) is 7.01. The normalized spacial score (nSPS) is 12.6. The number of alkyl halides is 1. The molecule has 0 radical (unpaired) electrons. The van der Waals surface area contributed by atoms with E-state index in [4.69, 9.17) is 4.74 Å². The zero-order valence-corrected chi connectivity index (χ0v) is 9.26. The number of hydrogen-bond acceptors (Lipinski definition) is 2. The number of carbonyl (C=O) groups excluding carboxylic acids is 1.